The van der Waals surface area contributed by atoms with Gasteiger partial charge < -0.3 is 10.2 Å². The van der Waals surface area contributed by atoms with E-state index in [0.29, 0.717) is 17.8 Å². The molecule has 0 fully saturated rings. The Morgan fingerprint density at radius 3 is 2.57 bits per heavy atom. The normalized spacial score (nSPS) is 10.5. The first-order valence-electron chi connectivity index (χ1n) is 7.31. The van der Waals surface area contributed by atoms with Crippen molar-refractivity contribution in [2.75, 3.05) is 26.2 Å². The lowest BCUT2D eigenvalue weighted by atomic mass is 10.0. The van der Waals surface area contributed by atoms with E-state index < -0.39 is 0 Å². The first-order chi connectivity index (χ1) is 10.1. The van der Waals surface area contributed by atoms with E-state index in [4.69, 9.17) is 0 Å². The first-order valence-corrected chi connectivity index (χ1v) is 7.31. The SMILES string of the molecule is C=Cc1cc(C)cc(C(=O)NCCN(CC)CC)c1N=C. The van der Waals surface area contributed by atoms with Crippen molar-refractivity contribution in [2.24, 2.45) is 4.99 Å². The summed E-state index contributed by atoms with van der Waals surface area (Å²) >= 11 is 0. The van der Waals surface area contributed by atoms with E-state index in [1.807, 2.05) is 19.1 Å². The summed E-state index contributed by atoms with van der Waals surface area (Å²) in [5.74, 6) is -0.114. The Labute approximate surface area is 127 Å². The van der Waals surface area contributed by atoms with Gasteiger partial charge in [0.25, 0.3) is 5.91 Å². The maximum absolute atomic E-state index is 12.4. The van der Waals surface area contributed by atoms with Gasteiger partial charge in [0.15, 0.2) is 0 Å². The second-order valence-electron chi connectivity index (χ2n) is 4.90. The summed E-state index contributed by atoms with van der Waals surface area (Å²) in [6.45, 7) is 16.9. The molecule has 114 valence electrons. The summed E-state index contributed by atoms with van der Waals surface area (Å²) in [4.78, 5) is 18.6. The molecule has 1 amide bonds. The molecule has 4 heteroatoms. The molecular weight excluding hydrogens is 262 g/mol. The number of rotatable bonds is 8. The summed E-state index contributed by atoms with van der Waals surface area (Å²) in [6.07, 6.45) is 1.70. The van der Waals surface area contributed by atoms with Crippen LogP contribution in [0.25, 0.3) is 6.08 Å². The van der Waals surface area contributed by atoms with Crippen molar-refractivity contribution < 1.29 is 4.79 Å². The zero-order valence-corrected chi connectivity index (χ0v) is 13.3. The third kappa shape index (κ3) is 4.53. The summed E-state index contributed by atoms with van der Waals surface area (Å²) in [7, 11) is 0. The molecule has 0 aliphatic heterocycles. The van der Waals surface area contributed by atoms with Crippen LogP contribution in [0.4, 0.5) is 5.69 Å². The van der Waals surface area contributed by atoms with E-state index in [-0.39, 0.29) is 5.91 Å². The molecule has 0 saturated carbocycles. The minimum absolute atomic E-state index is 0.114. The third-order valence-corrected chi connectivity index (χ3v) is 3.51. The van der Waals surface area contributed by atoms with Gasteiger partial charge in [-0.1, -0.05) is 26.5 Å². The lowest BCUT2D eigenvalue weighted by Gasteiger charge is -2.18. The number of amides is 1. The molecule has 0 atom stereocenters. The topological polar surface area (TPSA) is 44.7 Å². The fourth-order valence-electron chi connectivity index (χ4n) is 2.27. The smallest absolute Gasteiger partial charge is 0.253 e. The van der Waals surface area contributed by atoms with Crippen LogP contribution in [0.5, 0.6) is 0 Å². The summed E-state index contributed by atoms with van der Waals surface area (Å²) in [5, 5.41) is 2.95. The molecule has 0 saturated heterocycles. The number of benzene rings is 1. The minimum atomic E-state index is -0.114. The first kappa shape index (κ1) is 17.1. The van der Waals surface area contributed by atoms with Gasteiger partial charge in [-0.3, -0.25) is 9.79 Å². The van der Waals surface area contributed by atoms with Gasteiger partial charge in [-0.25, -0.2) is 0 Å². The van der Waals surface area contributed by atoms with Gasteiger partial charge in [0.1, 0.15) is 0 Å². The Bertz CT molecular complexity index is 519. The van der Waals surface area contributed by atoms with E-state index in [1.54, 1.807) is 6.08 Å². The molecule has 0 unspecified atom stereocenters. The molecule has 0 heterocycles. The number of nitrogens with one attached hydrogen (secondary N) is 1. The predicted molar refractivity (Wildman–Crippen MR) is 90.6 cm³/mol. The average molecular weight is 287 g/mol. The number of carbonyl (C=O) groups excluding carboxylic acids is 1. The number of carbonyl (C=O) groups is 1. The van der Waals surface area contributed by atoms with Crippen molar-refractivity contribution >= 4 is 24.4 Å². The monoisotopic (exact) mass is 287 g/mol. The van der Waals surface area contributed by atoms with Gasteiger partial charge in [0.05, 0.1) is 11.3 Å². The summed E-state index contributed by atoms with van der Waals surface area (Å²) < 4.78 is 0. The number of aliphatic imine (C=N–C) groups is 1. The van der Waals surface area contributed by atoms with Crippen LogP contribution in [0.3, 0.4) is 0 Å². The van der Waals surface area contributed by atoms with Crippen molar-refractivity contribution in [3.63, 3.8) is 0 Å². The molecular formula is C17H25N3O. The molecule has 0 radical (unpaired) electrons. The van der Waals surface area contributed by atoms with Gasteiger partial charge in [-0.15, -0.1) is 0 Å². The highest BCUT2D eigenvalue weighted by Crippen LogP contribution is 2.26. The quantitative estimate of drug-likeness (QED) is 0.747. The number of aryl methyl sites for hydroxylation is 1. The fraction of sp³-hybridized carbons (Fsp3) is 0.412. The lowest BCUT2D eigenvalue weighted by Crippen LogP contribution is -2.34. The molecule has 0 aliphatic carbocycles. The molecule has 0 aromatic heterocycles. The van der Waals surface area contributed by atoms with Crippen LogP contribution < -0.4 is 5.32 Å². The number of likely N-dealkylation sites (N-methyl/N-ethyl adjacent to an activating group) is 1. The van der Waals surface area contributed by atoms with Gasteiger partial charge in [-0.2, -0.15) is 0 Å². The zero-order valence-electron chi connectivity index (χ0n) is 13.3. The number of hydrogen-bond donors (Lipinski definition) is 1. The molecule has 0 spiro atoms. The van der Waals surface area contributed by atoms with Crippen LogP contribution >= 0.6 is 0 Å². The van der Waals surface area contributed by atoms with Crippen molar-refractivity contribution in [1.82, 2.24) is 10.2 Å². The Hall–Kier alpha value is -1.94. The second-order valence-corrected chi connectivity index (χ2v) is 4.90. The van der Waals surface area contributed by atoms with E-state index in [0.717, 1.165) is 30.8 Å². The van der Waals surface area contributed by atoms with Gasteiger partial charge in [-0.05, 0) is 44.4 Å². The standard InChI is InChI=1S/C17H25N3O/c1-6-14-11-13(4)12-15(16(14)18-5)17(21)19-9-10-20(7-2)8-3/h6,11-12H,1,5,7-10H2,2-4H3,(H,19,21). The summed E-state index contributed by atoms with van der Waals surface area (Å²) in [5.41, 5.74) is 2.99. The Balaban J connectivity index is 2.85. The van der Waals surface area contributed by atoms with Gasteiger partial charge >= 0.3 is 0 Å². The van der Waals surface area contributed by atoms with E-state index in [1.165, 1.54) is 0 Å². The van der Waals surface area contributed by atoms with Crippen molar-refractivity contribution in [2.45, 2.75) is 20.8 Å². The Morgan fingerprint density at radius 1 is 1.38 bits per heavy atom. The van der Waals surface area contributed by atoms with Crippen molar-refractivity contribution in [3.8, 4) is 0 Å². The third-order valence-electron chi connectivity index (χ3n) is 3.51. The zero-order chi connectivity index (χ0) is 15.8. The molecule has 1 aromatic rings. The van der Waals surface area contributed by atoms with Crippen LogP contribution in [0, 0.1) is 6.92 Å². The Morgan fingerprint density at radius 2 is 2.05 bits per heavy atom. The second kappa shape index (κ2) is 8.37. The summed E-state index contributed by atoms with van der Waals surface area (Å²) in [6, 6.07) is 3.79. The highest BCUT2D eigenvalue weighted by Gasteiger charge is 2.14. The van der Waals surface area contributed by atoms with E-state index in [9.17, 15) is 4.79 Å². The number of hydrogen-bond acceptors (Lipinski definition) is 3. The highest BCUT2D eigenvalue weighted by molar-refractivity contribution is 6.01. The fourth-order valence-corrected chi connectivity index (χ4v) is 2.27. The highest BCUT2D eigenvalue weighted by atomic mass is 16.1. The largest absolute Gasteiger partial charge is 0.351 e. The van der Waals surface area contributed by atoms with Crippen LogP contribution in [0.15, 0.2) is 23.7 Å². The lowest BCUT2D eigenvalue weighted by molar-refractivity contribution is 0.0949. The molecule has 4 nitrogen and oxygen atoms in total. The maximum atomic E-state index is 12.4. The minimum Gasteiger partial charge on any atom is -0.351 e. The average Bonchev–Trinajstić information content (AvgIpc) is 2.50. The van der Waals surface area contributed by atoms with Crippen LogP contribution in [0.2, 0.25) is 0 Å². The van der Waals surface area contributed by atoms with Crippen molar-refractivity contribution in [3.05, 3.63) is 35.4 Å². The molecule has 1 aromatic carbocycles. The Kier molecular flexibility index (Phi) is 6.82. The maximum Gasteiger partial charge on any atom is 0.253 e. The van der Waals surface area contributed by atoms with Crippen LogP contribution in [-0.2, 0) is 0 Å². The van der Waals surface area contributed by atoms with Gasteiger partial charge in [0, 0.05) is 18.7 Å². The molecule has 1 rings (SSSR count). The van der Waals surface area contributed by atoms with Gasteiger partial charge in [0.2, 0.25) is 0 Å². The molecule has 0 aliphatic rings. The van der Waals surface area contributed by atoms with Crippen LogP contribution in [-0.4, -0.2) is 43.7 Å². The molecule has 0 bridgehead atoms. The van der Waals surface area contributed by atoms with E-state index in [2.05, 4.69) is 42.4 Å². The predicted octanol–water partition coefficient (Wildman–Crippen LogP) is 3.04. The molecule has 1 N–H and O–H groups in total. The van der Waals surface area contributed by atoms with E-state index >= 15 is 0 Å². The number of nitrogens with zero attached hydrogens (tertiary/aromatic N) is 2. The van der Waals surface area contributed by atoms with Crippen LogP contribution in [0.1, 0.15) is 35.3 Å². The molecule has 21 heavy (non-hydrogen) atoms. The van der Waals surface area contributed by atoms with Crippen molar-refractivity contribution in [1.29, 1.82) is 0 Å².